The van der Waals surface area contributed by atoms with Crippen LogP contribution < -0.4 is 22.3 Å². The highest BCUT2D eigenvalue weighted by atomic mass is 35.5. The normalized spacial score (nSPS) is 12.1. The molecule has 0 aliphatic carbocycles. The molecule has 1 aromatic carbocycles. The predicted octanol–water partition coefficient (Wildman–Crippen LogP) is 3.35. The Kier molecular flexibility index (Phi) is 7.59. The van der Waals surface area contributed by atoms with Crippen molar-refractivity contribution < 1.29 is 18.3 Å². The van der Waals surface area contributed by atoms with E-state index in [0.29, 0.717) is 5.56 Å². The first-order valence-electron chi connectivity index (χ1n) is 9.29. The molecule has 1 atom stereocenters. The number of rotatable bonds is 7. The highest BCUT2D eigenvalue weighted by Gasteiger charge is 2.22. The van der Waals surface area contributed by atoms with Crippen molar-refractivity contribution in [1.82, 2.24) is 14.5 Å². The maximum Gasteiger partial charge on any atom is 0.273 e. The molecule has 0 radical (unpaired) electrons. The molecular weight excluding hydrogens is 481 g/mol. The van der Waals surface area contributed by atoms with Crippen LogP contribution in [0.5, 0.6) is 0 Å². The van der Waals surface area contributed by atoms with E-state index in [2.05, 4.69) is 15.3 Å². The smallest absolute Gasteiger partial charge is 0.273 e. The van der Waals surface area contributed by atoms with E-state index in [-0.39, 0.29) is 33.8 Å². The Hall–Kier alpha value is -3.12. The van der Waals surface area contributed by atoms with Crippen molar-refractivity contribution in [3.05, 3.63) is 74.0 Å². The number of benzene rings is 1. The summed E-state index contributed by atoms with van der Waals surface area (Å²) in [4.78, 5) is 33.8. The maximum atomic E-state index is 13.1. The molecule has 33 heavy (non-hydrogen) atoms. The number of methoxy groups -OCH3 is 1. The highest BCUT2D eigenvalue weighted by Crippen LogP contribution is 2.33. The third kappa shape index (κ3) is 5.28. The molecule has 3 aromatic rings. The van der Waals surface area contributed by atoms with Crippen LogP contribution in [0, 0.1) is 0 Å². The first-order chi connectivity index (χ1) is 15.6. The number of carbonyl (C=O) groups excluding carboxylic acids is 1. The number of hydrogen-bond donors (Lipinski definition) is 3. The van der Waals surface area contributed by atoms with Crippen LogP contribution in [0.4, 0.5) is 20.3 Å². The first kappa shape index (κ1) is 24.5. The van der Waals surface area contributed by atoms with Gasteiger partial charge in [-0.1, -0.05) is 23.2 Å². The summed E-state index contributed by atoms with van der Waals surface area (Å²) in [5.41, 5.74) is 10.6. The van der Waals surface area contributed by atoms with E-state index in [1.807, 2.05) is 0 Å². The molecule has 13 heteroatoms. The number of alkyl halides is 2. The summed E-state index contributed by atoms with van der Waals surface area (Å²) in [6.45, 7) is 0.227. The first-order valence-corrected chi connectivity index (χ1v) is 10.0. The number of ether oxygens (including phenoxy) is 1. The summed E-state index contributed by atoms with van der Waals surface area (Å²) in [7, 11) is 1.49. The standard InChI is InChI=1S/C20H18Cl2F2N6O3/c1-33-7-14(25)10-2-11(6-27-5-10)29-19(31)15-18(26)28-8-30(20(15)32)16-12(21)3-9(17(23)24)4-13(16)22/h2-6,8,14,17H,7,25-26H2,1H3,(H,29,31)/t14-/m0/s1. The van der Waals surface area contributed by atoms with E-state index in [9.17, 15) is 18.4 Å². The number of carbonyl (C=O) groups is 1. The van der Waals surface area contributed by atoms with Crippen LogP contribution in [-0.4, -0.2) is 34.2 Å². The van der Waals surface area contributed by atoms with Crippen LogP contribution in [0.2, 0.25) is 10.0 Å². The van der Waals surface area contributed by atoms with Gasteiger partial charge in [0.15, 0.2) is 0 Å². The number of hydrogen-bond acceptors (Lipinski definition) is 7. The molecule has 9 nitrogen and oxygen atoms in total. The quantitative estimate of drug-likeness (QED) is 0.453. The van der Waals surface area contributed by atoms with Gasteiger partial charge in [-0.3, -0.25) is 19.1 Å². The lowest BCUT2D eigenvalue weighted by molar-refractivity contribution is 0.102. The minimum Gasteiger partial charge on any atom is -0.383 e. The lowest BCUT2D eigenvalue weighted by Crippen LogP contribution is -2.31. The van der Waals surface area contributed by atoms with Gasteiger partial charge in [0.05, 0.1) is 40.3 Å². The molecule has 0 aliphatic heterocycles. The minimum absolute atomic E-state index is 0.122. The third-order valence-electron chi connectivity index (χ3n) is 4.55. The maximum absolute atomic E-state index is 13.1. The van der Waals surface area contributed by atoms with Crippen molar-refractivity contribution in [3.8, 4) is 5.69 Å². The van der Waals surface area contributed by atoms with Crippen molar-refractivity contribution in [3.63, 3.8) is 0 Å². The minimum atomic E-state index is -2.82. The summed E-state index contributed by atoms with van der Waals surface area (Å²) < 4.78 is 31.9. The second-order valence-corrected chi connectivity index (χ2v) is 7.65. The van der Waals surface area contributed by atoms with Crippen LogP contribution in [0.3, 0.4) is 0 Å². The number of halogens is 4. The summed E-state index contributed by atoms with van der Waals surface area (Å²) >= 11 is 12.2. The zero-order chi connectivity index (χ0) is 24.3. The molecule has 0 aliphatic rings. The average molecular weight is 499 g/mol. The molecule has 3 rings (SSSR count). The SMILES string of the molecule is COC[C@H](N)c1cncc(NC(=O)c2c(N)ncn(-c3c(Cl)cc(C(F)F)cc3Cl)c2=O)c1. The number of nitrogens with one attached hydrogen (secondary N) is 1. The molecule has 174 valence electrons. The molecule has 2 heterocycles. The van der Waals surface area contributed by atoms with Gasteiger partial charge >= 0.3 is 0 Å². The number of anilines is 2. The van der Waals surface area contributed by atoms with Gasteiger partial charge in [-0.2, -0.15) is 0 Å². The van der Waals surface area contributed by atoms with Gasteiger partial charge < -0.3 is 21.5 Å². The Bertz CT molecular complexity index is 1230. The average Bonchev–Trinajstić information content (AvgIpc) is 2.75. The summed E-state index contributed by atoms with van der Waals surface area (Å²) in [6.07, 6.45) is 1.04. The van der Waals surface area contributed by atoms with Gasteiger partial charge in [-0.25, -0.2) is 13.8 Å². The fourth-order valence-corrected chi connectivity index (χ4v) is 3.67. The third-order valence-corrected chi connectivity index (χ3v) is 5.13. The fourth-order valence-electron chi connectivity index (χ4n) is 2.98. The van der Waals surface area contributed by atoms with E-state index in [1.54, 1.807) is 6.07 Å². The molecule has 0 saturated heterocycles. The second kappa shape index (κ2) is 10.2. The van der Waals surface area contributed by atoms with Crippen LogP contribution in [0.1, 0.15) is 34.0 Å². The van der Waals surface area contributed by atoms with Gasteiger partial charge in [-0.05, 0) is 23.8 Å². The fraction of sp³-hybridized carbons (Fsp3) is 0.200. The topological polar surface area (TPSA) is 138 Å². The number of nitrogens with zero attached hydrogens (tertiary/aromatic N) is 3. The van der Waals surface area contributed by atoms with E-state index < -0.39 is 35.1 Å². The van der Waals surface area contributed by atoms with Crippen molar-refractivity contribution >= 4 is 40.6 Å². The number of amides is 1. The predicted molar refractivity (Wildman–Crippen MR) is 120 cm³/mol. The molecule has 5 N–H and O–H groups in total. The van der Waals surface area contributed by atoms with Gasteiger partial charge in [0.2, 0.25) is 0 Å². The van der Waals surface area contributed by atoms with Gasteiger partial charge in [0.1, 0.15) is 17.7 Å². The van der Waals surface area contributed by atoms with Crippen LogP contribution in [0.25, 0.3) is 5.69 Å². The Morgan fingerprint density at radius 3 is 2.48 bits per heavy atom. The number of nitrogen functional groups attached to an aromatic ring is 1. The summed E-state index contributed by atoms with van der Waals surface area (Å²) in [6, 6.07) is 3.02. The van der Waals surface area contributed by atoms with Gasteiger partial charge in [0.25, 0.3) is 17.9 Å². The zero-order valence-corrected chi connectivity index (χ0v) is 18.6. The van der Waals surface area contributed by atoms with Crippen molar-refractivity contribution in [2.45, 2.75) is 12.5 Å². The molecule has 0 spiro atoms. The van der Waals surface area contributed by atoms with Gasteiger partial charge in [0, 0.05) is 18.9 Å². The molecule has 0 fully saturated rings. The Balaban J connectivity index is 2.00. The molecule has 0 unspecified atom stereocenters. The Morgan fingerprint density at radius 1 is 1.21 bits per heavy atom. The lowest BCUT2D eigenvalue weighted by Gasteiger charge is -2.14. The summed E-state index contributed by atoms with van der Waals surface area (Å²) in [5.74, 6) is -1.24. The second-order valence-electron chi connectivity index (χ2n) is 6.84. The number of nitrogens with two attached hydrogens (primary N) is 2. The van der Waals surface area contributed by atoms with Crippen LogP contribution in [-0.2, 0) is 4.74 Å². The van der Waals surface area contributed by atoms with E-state index in [0.717, 1.165) is 23.0 Å². The molecular formula is C20H18Cl2F2N6O3. The van der Waals surface area contributed by atoms with E-state index >= 15 is 0 Å². The largest absolute Gasteiger partial charge is 0.383 e. The molecule has 0 bridgehead atoms. The lowest BCUT2D eigenvalue weighted by atomic mass is 10.1. The van der Waals surface area contributed by atoms with E-state index in [4.69, 9.17) is 39.4 Å². The van der Waals surface area contributed by atoms with Crippen molar-refractivity contribution in [2.24, 2.45) is 5.73 Å². The van der Waals surface area contributed by atoms with E-state index in [1.165, 1.54) is 19.5 Å². The Labute approximate surface area is 196 Å². The van der Waals surface area contributed by atoms with Crippen molar-refractivity contribution in [1.29, 1.82) is 0 Å². The summed E-state index contributed by atoms with van der Waals surface area (Å²) in [5, 5.41) is 2.04. The molecule has 2 aromatic heterocycles. The van der Waals surface area contributed by atoms with Gasteiger partial charge in [-0.15, -0.1) is 0 Å². The number of pyridine rings is 1. The zero-order valence-electron chi connectivity index (χ0n) is 17.1. The highest BCUT2D eigenvalue weighted by molar-refractivity contribution is 6.37. The molecule has 1 amide bonds. The van der Waals surface area contributed by atoms with Crippen LogP contribution >= 0.6 is 23.2 Å². The van der Waals surface area contributed by atoms with Crippen LogP contribution in [0.15, 0.2) is 41.7 Å². The van der Waals surface area contributed by atoms with Crippen molar-refractivity contribution in [2.75, 3.05) is 24.8 Å². The number of aromatic nitrogens is 3. The molecule has 0 saturated carbocycles. The monoisotopic (exact) mass is 498 g/mol. The Morgan fingerprint density at radius 2 is 1.88 bits per heavy atom.